The molecule has 1 aromatic heterocycles. The second-order valence-corrected chi connectivity index (χ2v) is 5.59. The van der Waals surface area contributed by atoms with Crippen molar-refractivity contribution in [3.8, 4) is 0 Å². The van der Waals surface area contributed by atoms with Gasteiger partial charge in [-0.25, -0.2) is 4.98 Å². The third-order valence-corrected chi connectivity index (χ3v) is 4.17. The standard InChI is InChI=1S/C14H21N3O3/c1-2-11-3-6-14(18,7-4-11)10-16-13-9-12(17(19)20)5-8-15-13/h5,8-9,11,18H,2-4,6-7,10H2,1H3,(H,15,16). The zero-order valence-corrected chi connectivity index (χ0v) is 11.7. The first-order valence-electron chi connectivity index (χ1n) is 7.09. The largest absolute Gasteiger partial charge is 0.388 e. The van der Waals surface area contributed by atoms with E-state index in [1.54, 1.807) is 0 Å². The van der Waals surface area contributed by atoms with Crippen LogP contribution in [0.25, 0.3) is 0 Å². The average molecular weight is 279 g/mol. The molecule has 2 N–H and O–H groups in total. The predicted octanol–water partition coefficient (Wildman–Crippen LogP) is 2.73. The molecule has 1 aromatic rings. The lowest BCUT2D eigenvalue weighted by Gasteiger charge is -2.36. The maximum Gasteiger partial charge on any atom is 0.274 e. The molecule has 1 heterocycles. The number of hydrogen-bond acceptors (Lipinski definition) is 5. The van der Waals surface area contributed by atoms with Gasteiger partial charge in [-0.1, -0.05) is 13.3 Å². The van der Waals surface area contributed by atoms with E-state index in [-0.39, 0.29) is 5.69 Å². The van der Waals surface area contributed by atoms with Crippen LogP contribution in [0.5, 0.6) is 0 Å². The van der Waals surface area contributed by atoms with Crippen LogP contribution >= 0.6 is 0 Å². The van der Waals surface area contributed by atoms with Crippen LogP contribution in [0.3, 0.4) is 0 Å². The van der Waals surface area contributed by atoms with Gasteiger partial charge in [-0.15, -0.1) is 0 Å². The molecular formula is C14H21N3O3. The van der Waals surface area contributed by atoms with E-state index in [4.69, 9.17) is 0 Å². The SMILES string of the molecule is CCC1CCC(O)(CNc2cc([N+](=O)[O-])ccn2)CC1. The van der Waals surface area contributed by atoms with Crippen LogP contribution in [0.2, 0.25) is 0 Å². The highest BCUT2D eigenvalue weighted by Gasteiger charge is 2.32. The average Bonchev–Trinajstić information content (AvgIpc) is 2.46. The normalized spacial score (nSPS) is 26.2. The topological polar surface area (TPSA) is 88.3 Å². The summed E-state index contributed by atoms with van der Waals surface area (Å²) in [6.07, 6.45) is 6.18. The van der Waals surface area contributed by atoms with Gasteiger partial charge in [-0.2, -0.15) is 0 Å². The quantitative estimate of drug-likeness (QED) is 0.639. The first kappa shape index (κ1) is 14.7. The van der Waals surface area contributed by atoms with Crippen molar-refractivity contribution in [2.24, 2.45) is 5.92 Å². The smallest absolute Gasteiger partial charge is 0.274 e. The monoisotopic (exact) mass is 279 g/mol. The molecule has 1 aliphatic carbocycles. The Balaban J connectivity index is 1.92. The zero-order chi connectivity index (χ0) is 14.6. The Morgan fingerprint density at radius 1 is 1.55 bits per heavy atom. The molecule has 0 aliphatic heterocycles. The molecule has 0 aromatic carbocycles. The molecule has 0 amide bonds. The molecular weight excluding hydrogens is 258 g/mol. The Morgan fingerprint density at radius 3 is 2.85 bits per heavy atom. The number of pyridine rings is 1. The third kappa shape index (κ3) is 3.66. The van der Waals surface area contributed by atoms with Gasteiger partial charge in [0.1, 0.15) is 5.82 Å². The van der Waals surface area contributed by atoms with Crippen LogP contribution in [-0.4, -0.2) is 27.2 Å². The number of aliphatic hydroxyl groups is 1. The number of nitrogens with zero attached hydrogens (tertiary/aromatic N) is 2. The summed E-state index contributed by atoms with van der Waals surface area (Å²) in [5.74, 6) is 1.15. The van der Waals surface area contributed by atoms with Crippen molar-refractivity contribution in [1.82, 2.24) is 4.98 Å². The van der Waals surface area contributed by atoms with Gasteiger partial charge < -0.3 is 10.4 Å². The van der Waals surface area contributed by atoms with E-state index in [1.165, 1.54) is 18.3 Å². The second kappa shape index (κ2) is 6.17. The molecule has 1 saturated carbocycles. The lowest BCUT2D eigenvalue weighted by atomic mass is 9.78. The van der Waals surface area contributed by atoms with Crippen molar-refractivity contribution in [3.63, 3.8) is 0 Å². The van der Waals surface area contributed by atoms with Crippen molar-refractivity contribution < 1.29 is 10.0 Å². The third-order valence-electron chi connectivity index (χ3n) is 4.17. The lowest BCUT2D eigenvalue weighted by Crippen LogP contribution is -2.40. The van der Waals surface area contributed by atoms with E-state index in [0.29, 0.717) is 18.3 Å². The van der Waals surface area contributed by atoms with Crippen LogP contribution in [0.15, 0.2) is 18.3 Å². The summed E-state index contributed by atoms with van der Waals surface area (Å²) >= 11 is 0. The minimum Gasteiger partial charge on any atom is -0.388 e. The first-order valence-corrected chi connectivity index (χ1v) is 7.09. The van der Waals surface area contributed by atoms with Crippen molar-refractivity contribution >= 4 is 11.5 Å². The molecule has 110 valence electrons. The Morgan fingerprint density at radius 2 is 2.25 bits per heavy atom. The van der Waals surface area contributed by atoms with Crippen molar-refractivity contribution in [3.05, 3.63) is 28.4 Å². The van der Waals surface area contributed by atoms with E-state index in [1.807, 2.05) is 0 Å². The lowest BCUT2D eigenvalue weighted by molar-refractivity contribution is -0.384. The fraction of sp³-hybridized carbons (Fsp3) is 0.643. The van der Waals surface area contributed by atoms with E-state index in [9.17, 15) is 15.2 Å². The zero-order valence-electron chi connectivity index (χ0n) is 11.7. The van der Waals surface area contributed by atoms with Crippen molar-refractivity contribution in [2.75, 3.05) is 11.9 Å². The summed E-state index contributed by atoms with van der Waals surface area (Å²) < 4.78 is 0. The highest BCUT2D eigenvalue weighted by molar-refractivity contribution is 5.44. The number of rotatable bonds is 5. The summed E-state index contributed by atoms with van der Waals surface area (Å²) in [6, 6.07) is 2.74. The highest BCUT2D eigenvalue weighted by Crippen LogP contribution is 2.33. The molecule has 20 heavy (non-hydrogen) atoms. The molecule has 6 nitrogen and oxygen atoms in total. The van der Waals surface area contributed by atoms with Crippen LogP contribution in [0, 0.1) is 16.0 Å². The summed E-state index contributed by atoms with van der Waals surface area (Å²) in [5.41, 5.74) is -0.720. The van der Waals surface area contributed by atoms with Crippen LogP contribution in [-0.2, 0) is 0 Å². The van der Waals surface area contributed by atoms with Gasteiger partial charge in [0.15, 0.2) is 0 Å². The first-order chi connectivity index (χ1) is 9.52. The molecule has 0 radical (unpaired) electrons. The van der Waals surface area contributed by atoms with Gasteiger partial charge in [0, 0.05) is 18.8 Å². The minimum atomic E-state index is -0.724. The van der Waals surface area contributed by atoms with Crippen LogP contribution in [0.4, 0.5) is 11.5 Å². The summed E-state index contributed by atoms with van der Waals surface area (Å²) in [7, 11) is 0. The van der Waals surface area contributed by atoms with E-state index in [2.05, 4.69) is 17.2 Å². The van der Waals surface area contributed by atoms with Gasteiger partial charge >= 0.3 is 0 Å². The predicted molar refractivity (Wildman–Crippen MR) is 76.6 cm³/mol. The maximum absolute atomic E-state index is 10.7. The summed E-state index contributed by atoms with van der Waals surface area (Å²) in [6.45, 7) is 2.57. The second-order valence-electron chi connectivity index (χ2n) is 5.59. The van der Waals surface area contributed by atoms with Gasteiger partial charge in [-0.05, 0) is 31.6 Å². The number of nitrogens with one attached hydrogen (secondary N) is 1. The van der Waals surface area contributed by atoms with E-state index >= 15 is 0 Å². The van der Waals surface area contributed by atoms with Gasteiger partial charge in [-0.3, -0.25) is 10.1 Å². The number of anilines is 1. The fourth-order valence-electron chi connectivity index (χ4n) is 2.68. The number of aromatic nitrogens is 1. The van der Waals surface area contributed by atoms with E-state index in [0.717, 1.165) is 32.1 Å². The Bertz CT molecular complexity index is 470. The van der Waals surface area contributed by atoms with Crippen molar-refractivity contribution in [1.29, 1.82) is 0 Å². The van der Waals surface area contributed by atoms with E-state index < -0.39 is 10.5 Å². The summed E-state index contributed by atoms with van der Waals surface area (Å²) in [4.78, 5) is 14.3. The Kier molecular flexibility index (Phi) is 4.54. The number of hydrogen-bond donors (Lipinski definition) is 2. The van der Waals surface area contributed by atoms with Gasteiger partial charge in [0.05, 0.1) is 16.6 Å². The maximum atomic E-state index is 10.7. The molecule has 0 atom stereocenters. The Hall–Kier alpha value is -1.69. The van der Waals surface area contributed by atoms with Crippen molar-refractivity contribution in [2.45, 2.75) is 44.6 Å². The Labute approximate surface area is 118 Å². The fourth-order valence-corrected chi connectivity index (χ4v) is 2.68. The molecule has 2 rings (SSSR count). The molecule has 1 aliphatic rings. The molecule has 0 spiro atoms. The van der Waals surface area contributed by atoms with Crippen LogP contribution in [0.1, 0.15) is 39.0 Å². The molecule has 1 fully saturated rings. The molecule has 0 saturated heterocycles. The molecule has 0 unspecified atom stereocenters. The summed E-state index contributed by atoms with van der Waals surface area (Å²) in [5, 5.41) is 24.2. The van der Waals surface area contributed by atoms with Gasteiger partial charge in [0.25, 0.3) is 5.69 Å². The molecule has 0 bridgehead atoms. The highest BCUT2D eigenvalue weighted by atomic mass is 16.6. The van der Waals surface area contributed by atoms with Crippen LogP contribution < -0.4 is 5.32 Å². The van der Waals surface area contributed by atoms with Gasteiger partial charge in [0.2, 0.25) is 0 Å². The number of nitro groups is 1. The minimum absolute atomic E-state index is 0.00387. The molecule has 6 heteroatoms.